The maximum absolute atomic E-state index is 13.1. The second kappa shape index (κ2) is 5.96. The average Bonchev–Trinajstić information content (AvgIpc) is 2.72. The van der Waals surface area contributed by atoms with Crippen molar-refractivity contribution in [2.45, 2.75) is 59.4 Å². The molecule has 0 saturated carbocycles. The van der Waals surface area contributed by atoms with Crippen LogP contribution in [0.15, 0.2) is 35.1 Å². The van der Waals surface area contributed by atoms with Crippen LogP contribution in [0, 0.1) is 0 Å². The monoisotopic (exact) mass is 329 g/mol. The lowest BCUT2D eigenvalue weighted by Gasteiger charge is -2.29. The van der Waals surface area contributed by atoms with E-state index >= 15 is 0 Å². The molecule has 0 fully saturated rings. The van der Waals surface area contributed by atoms with E-state index in [1.165, 1.54) is 6.92 Å². The molecule has 0 aliphatic rings. The van der Waals surface area contributed by atoms with Crippen LogP contribution < -0.4 is 10.9 Å². The van der Waals surface area contributed by atoms with Crippen LogP contribution >= 0.6 is 0 Å². The maximum Gasteiger partial charge on any atom is 0.291 e. The van der Waals surface area contributed by atoms with Crippen molar-refractivity contribution in [3.8, 4) is 5.69 Å². The Balaban J connectivity index is 2.99. The van der Waals surface area contributed by atoms with Crippen molar-refractivity contribution in [2.24, 2.45) is 0 Å². The number of nitrogens with zero attached hydrogens (tertiary/aromatic N) is 2. The van der Waals surface area contributed by atoms with E-state index in [1.54, 1.807) is 4.68 Å². The van der Waals surface area contributed by atoms with Gasteiger partial charge in [-0.15, -0.1) is 0 Å². The summed E-state index contributed by atoms with van der Waals surface area (Å²) in [5.74, 6) is -0.246. The van der Waals surface area contributed by atoms with Gasteiger partial charge in [-0.25, -0.2) is 4.68 Å². The number of hydrogen-bond acceptors (Lipinski definition) is 2. The van der Waals surface area contributed by atoms with Gasteiger partial charge in [-0.2, -0.15) is 0 Å². The van der Waals surface area contributed by atoms with Gasteiger partial charge in [0.2, 0.25) is 5.91 Å². The van der Waals surface area contributed by atoms with Crippen molar-refractivity contribution >= 4 is 11.6 Å². The van der Waals surface area contributed by atoms with Crippen molar-refractivity contribution < 1.29 is 4.79 Å². The quantitative estimate of drug-likeness (QED) is 0.914. The normalized spacial score (nSPS) is 12.3. The molecule has 1 aromatic carbocycles. The first kappa shape index (κ1) is 18.0. The second-order valence-electron chi connectivity index (χ2n) is 8.09. The Morgan fingerprint density at radius 1 is 1.00 bits per heavy atom. The van der Waals surface area contributed by atoms with Crippen molar-refractivity contribution in [1.82, 2.24) is 9.36 Å². The number of para-hydroxylation sites is 1. The fourth-order valence-corrected chi connectivity index (χ4v) is 2.90. The predicted molar refractivity (Wildman–Crippen MR) is 98.0 cm³/mol. The lowest BCUT2D eigenvalue weighted by molar-refractivity contribution is -0.114. The number of aromatic nitrogens is 2. The highest BCUT2D eigenvalue weighted by Gasteiger charge is 2.33. The fraction of sp³-hybridized carbons (Fsp3) is 0.474. The Morgan fingerprint density at radius 2 is 1.54 bits per heavy atom. The van der Waals surface area contributed by atoms with Crippen molar-refractivity contribution in [2.75, 3.05) is 5.32 Å². The number of nitrogens with one attached hydrogen (secondary N) is 1. The van der Waals surface area contributed by atoms with Gasteiger partial charge in [-0.3, -0.25) is 14.3 Å². The summed E-state index contributed by atoms with van der Waals surface area (Å²) in [5.41, 5.74) is 1.09. The highest BCUT2D eigenvalue weighted by atomic mass is 16.2. The summed E-state index contributed by atoms with van der Waals surface area (Å²) < 4.78 is 3.65. The zero-order chi connectivity index (χ0) is 18.3. The van der Waals surface area contributed by atoms with Crippen LogP contribution in [0.25, 0.3) is 5.69 Å². The Morgan fingerprint density at radius 3 is 1.96 bits per heavy atom. The summed E-state index contributed by atoms with van der Waals surface area (Å²) in [4.78, 5) is 24.8. The molecule has 2 aromatic rings. The van der Waals surface area contributed by atoms with Gasteiger partial charge in [0.15, 0.2) is 0 Å². The van der Waals surface area contributed by atoms with E-state index in [0.717, 1.165) is 11.4 Å². The summed E-state index contributed by atoms with van der Waals surface area (Å²) in [6.45, 7) is 13.5. The molecule has 130 valence electrons. The second-order valence-corrected chi connectivity index (χ2v) is 8.09. The third kappa shape index (κ3) is 3.30. The number of rotatable bonds is 2. The molecule has 0 spiro atoms. The molecule has 1 N–H and O–H groups in total. The third-order valence-electron chi connectivity index (χ3n) is 3.70. The van der Waals surface area contributed by atoms with Gasteiger partial charge < -0.3 is 5.32 Å². The molecule has 1 heterocycles. The van der Waals surface area contributed by atoms with Crippen LogP contribution in [0.2, 0.25) is 0 Å². The number of carbonyl (C=O) groups is 1. The highest BCUT2D eigenvalue weighted by molar-refractivity contribution is 5.89. The van der Waals surface area contributed by atoms with Gasteiger partial charge in [0, 0.05) is 12.3 Å². The Kier molecular flexibility index (Phi) is 4.48. The van der Waals surface area contributed by atoms with Crippen LogP contribution in [-0.4, -0.2) is 15.3 Å². The smallest absolute Gasteiger partial charge is 0.291 e. The Labute approximate surface area is 143 Å². The summed E-state index contributed by atoms with van der Waals surface area (Å²) in [5, 5.41) is 2.76. The zero-order valence-electron chi connectivity index (χ0n) is 15.6. The minimum atomic E-state index is -0.441. The van der Waals surface area contributed by atoms with E-state index in [9.17, 15) is 9.59 Å². The predicted octanol–water partition coefficient (Wildman–Crippen LogP) is 3.65. The summed E-state index contributed by atoms with van der Waals surface area (Å²) in [6, 6.07) is 9.76. The molecule has 0 unspecified atom stereocenters. The summed E-state index contributed by atoms with van der Waals surface area (Å²) >= 11 is 0. The standard InChI is InChI=1S/C19H27N3O2/c1-13(23)20-15-16(18(2,3)4)21(14-11-9-8-10-12-14)22(17(15)24)19(5,6)7/h8-12H,1-7H3,(H,20,23). The van der Waals surface area contributed by atoms with Gasteiger partial charge >= 0.3 is 0 Å². The van der Waals surface area contributed by atoms with Gasteiger partial charge in [-0.05, 0) is 32.9 Å². The van der Waals surface area contributed by atoms with E-state index in [4.69, 9.17) is 0 Å². The number of hydrogen-bond donors (Lipinski definition) is 1. The largest absolute Gasteiger partial charge is 0.320 e. The molecule has 0 bridgehead atoms. The van der Waals surface area contributed by atoms with E-state index < -0.39 is 5.54 Å². The minimum absolute atomic E-state index is 0.188. The molecule has 0 saturated heterocycles. The molecule has 0 atom stereocenters. The number of benzene rings is 1. The van der Waals surface area contributed by atoms with E-state index in [0.29, 0.717) is 5.69 Å². The van der Waals surface area contributed by atoms with Gasteiger partial charge in [0.25, 0.3) is 5.56 Å². The van der Waals surface area contributed by atoms with Crippen LogP contribution in [-0.2, 0) is 15.7 Å². The molecule has 5 heteroatoms. The van der Waals surface area contributed by atoms with Crippen molar-refractivity contribution in [3.63, 3.8) is 0 Å². The molecule has 1 aromatic heterocycles. The first-order valence-corrected chi connectivity index (χ1v) is 8.16. The van der Waals surface area contributed by atoms with Crippen LogP contribution in [0.1, 0.15) is 54.2 Å². The zero-order valence-corrected chi connectivity index (χ0v) is 15.6. The number of carbonyl (C=O) groups excluding carboxylic acids is 1. The van der Waals surface area contributed by atoms with Gasteiger partial charge in [-0.1, -0.05) is 39.0 Å². The molecule has 2 rings (SSSR count). The van der Waals surface area contributed by atoms with Crippen molar-refractivity contribution in [1.29, 1.82) is 0 Å². The Bertz CT molecular complexity index is 800. The van der Waals surface area contributed by atoms with Gasteiger partial charge in [0.05, 0.1) is 16.9 Å². The molecular weight excluding hydrogens is 302 g/mol. The Hall–Kier alpha value is -2.30. The molecule has 0 aliphatic carbocycles. The lowest BCUT2D eigenvalue weighted by atomic mass is 9.90. The van der Waals surface area contributed by atoms with E-state index in [2.05, 4.69) is 5.32 Å². The number of anilines is 1. The fourth-order valence-electron chi connectivity index (χ4n) is 2.90. The first-order valence-electron chi connectivity index (χ1n) is 8.16. The molecule has 24 heavy (non-hydrogen) atoms. The molecule has 5 nitrogen and oxygen atoms in total. The van der Waals surface area contributed by atoms with Crippen LogP contribution in [0.3, 0.4) is 0 Å². The molecular formula is C19H27N3O2. The molecule has 1 amide bonds. The SMILES string of the molecule is CC(=O)Nc1c(C(C)(C)C)n(-c2ccccc2)n(C(C)(C)C)c1=O. The van der Waals surface area contributed by atoms with Gasteiger partial charge in [0.1, 0.15) is 5.69 Å². The topological polar surface area (TPSA) is 56.0 Å². The van der Waals surface area contributed by atoms with Crippen LogP contribution in [0.4, 0.5) is 5.69 Å². The lowest BCUT2D eigenvalue weighted by Crippen LogP contribution is -2.37. The summed E-state index contributed by atoms with van der Waals surface area (Å²) in [7, 11) is 0. The van der Waals surface area contributed by atoms with Crippen molar-refractivity contribution in [3.05, 3.63) is 46.4 Å². The first-order chi connectivity index (χ1) is 10.9. The summed E-state index contributed by atoms with van der Waals surface area (Å²) in [6.07, 6.45) is 0. The third-order valence-corrected chi connectivity index (χ3v) is 3.70. The average molecular weight is 329 g/mol. The highest BCUT2D eigenvalue weighted by Crippen LogP contribution is 2.32. The van der Waals surface area contributed by atoms with Crippen LogP contribution in [0.5, 0.6) is 0 Å². The minimum Gasteiger partial charge on any atom is -0.320 e. The molecule has 0 radical (unpaired) electrons. The van der Waals surface area contributed by atoms with E-state index in [1.807, 2.05) is 76.6 Å². The van der Waals surface area contributed by atoms with E-state index in [-0.39, 0.29) is 16.9 Å². The maximum atomic E-state index is 13.1. The molecule has 0 aliphatic heterocycles. The number of amides is 1.